The second-order valence-electron chi connectivity index (χ2n) is 6.05. The van der Waals surface area contributed by atoms with E-state index < -0.39 is 0 Å². The summed E-state index contributed by atoms with van der Waals surface area (Å²) in [6.45, 7) is 4.97. The Morgan fingerprint density at radius 2 is 2.23 bits per heavy atom. The second-order valence-corrected chi connectivity index (χ2v) is 7.34. The smallest absolute Gasteiger partial charge is 0.264 e. The number of nitrogens with zero attached hydrogens (tertiary/aromatic N) is 2. The number of hydrogen-bond donors (Lipinski definition) is 0. The molecule has 0 aromatic carbocycles. The second kappa shape index (κ2) is 6.61. The van der Waals surface area contributed by atoms with Gasteiger partial charge in [-0.25, -0.2) is 0 Å². The standard InChI is InChI=1S/C18H22N2OS/c1-13-12-15(9-10-19-13)6-7-16-4-3-11-20(16)18(21)17-8-5-14(2)22-17/h5,8-10,12,16H,3-4,6-7,11H2,1-2H3/t16-/m0/s1. The van der Waals surface area contributed by atoms with Crippen molar-refractivity contribution in [2.24, 2.45) is 0 Å². The normalized spacial score (nSPS) is 17.9. The summed E-state index contributed by atoms with van der Waals surface area (Å²) in [5.74, 6) is 0.214. The molecule has 3 heterocycles. The van der Waals surface area contributed by atoms with Crippen LogP contribution in [0.1, 0.15) is 45.1 Å². The highest BCUT2D eigenvalue weighted by Crippen LogP contribution is 2.26. The van der Waals surface area contributed by atoms with Crippen LogP contribution in [0.3, 0.4) is 0 Å². The first-order valence-corrected chi connectivity index (χ1v) is 8.74. The summed E-state index contributed by atoms with van der Waals surface area (Å²) in [6.07, 6.45) is 6.17. The zero-order chi connectivity index (χ0) is 15.5. The number of thiophene rings is 1. The molecule has 22 heavy (non-hydrogen) atoms. The Kier molecular flexibility index (Phi) is 4.57. The minimum absolute atomic E-state index is 0.214. The van der Waals surface area contributed by atoms with Crippen molar-refractivity contribution in [3.63, 3.8) is 0 Å². The number of rotatable bonds is 4. The van der Waals surface area contributed by atoms with E-state index in [-0.39, 0.29) is 5.91 Å². The molecule has 1 amide bonds. The first kappa shape index (κ1) is 15.2. The maximum atomic E-state index is 12.7. The van der Waals surface area contributed by atoms with Gasteiger partial charge in [-0.15, -0.1) is 11.3 Å². The van der Waals surface area contributed by atoms with Gasteiger partial charge in [0.2, 0.25) is 0 Å². The molecule has 3 nitrogen and oxygen atoms in total. The van der Waals surface area contributed by atoms with E-state index in [0.717, 1.165) is 42.8 Å². The van der Waals surface area contributed by atoms with Crippen LogP contribution in [0.15, 0.2) is 30.5 Å². The third-order valence-electron chi connectivity index (χ3n) is 4.32. The molecule has 0 spiro atoms. The molecule has 116 valence electrons. The summed E-state index contributed by atoms with van der Waals surface area (Å²) in [4.78, 5) is 21.1. The maximum absolute atomic E-state index is 12.7. The Morgan fingerprint density at radius 3 is 2.95 bits per heavy atom. The van der Waals surface area contributed by atoms with Gasteiger partial charge in [-0.1, -0.05) is 0 Å². The molecule has 3 rings (SSSR count). The van der Waals surface area contributed by atoms with Crippen LogP contribution in [0.5, 0.6) is 0 Å². The zero-order valence-corrected chi connectivity index (χ0v) is 14.0. The van der Waals surface area contributed by atoms with E-state index in [0.29, 0.717) is 6.04 Å². The number of aromatic nitrogens is 1. The minimum atomic E-state index is 0.214. The third kappa shape index (κ3) is 3.38. The van der Waals surface area contributed by atoms with Gasteiger partial charge in [0.15, 0.2) is 0 Å². The Morgan fingerprint density at radius 1 is 1.36 bits per heavy atom. The highest BCUT2D eigenvalue weighted by atomic mass is 32.1. The average Bonchev–Trinajstić information content (AvgIpc) is 3.13. The summed E-state index contributed by atoms with van der Waals surface area (Å²) < 4.78 is 0. The molecule has 0 saturated carbocycles. The van der Waals surface area contributed by atoms with Crippen molar-refractivity contribution < 1.29 is 4.79 Å². The van der Waals surface area contributed by atoms with Gasteiger partial charge in [0, 0.05) is 29.4 Å². The third-order valence-corrected chi connectivity index (χ3v) is 5.31. The highest BCUT2D eigenvalue weighted by molar-refractivity contribution is 7.13. The van der Waals surface area contributed by atoms with Crippen LogP contribution < -0.4 is 0 Å². The first-order valence-electron chi connectivity index (χ1n) is 7.92. The SMILES string of the molecule is Cc1cc(CC[C@@H]2CCCN2C(=O)c2ccc(C)s2)ccn1. The molecular weight excluding hydrogens is 292 g/mol. The fraction of sp³-hybridized carbons (Fsp3) is 0.444. The van der Waals surface area contributed by atoms with E-state index in [9.17, 15) is 4.79 Å². The van der Waals surface area contributed by atoms with Gasteiger partial charge < -0.3 is 4.90 Å². The van der Waals surface area contributed by atoms with Crippen LogP contribution >= 0.6 is 11.3 Å². The molecule has 1 saturated heterocycles. The quantitative estimate of drug-likeness (QED) is 0.854. The van der Waals surface area contributed by atoms with Gasteiger partial charge in [0.25, 0.3) is 5.91 Å². The lowest BCUT2D eigenvalue weighted by atomic mass is 10.0. The number of hydrogen-bond acceptors (Lipinski definition) is 3. The van der Waals surface area contributed by atoms with Crippen molar-refractivity contribution in [1.82, 2.24) is 9.88 Å². The van der Waals surface area contributed by atoms with E-state index in [2.05, 4.69) is 28.9 Å². The topological polar surface area (TPSA) is 33.2 Å². The van der Waals surface area contributed by atoms with E-state index >= 15 is 0 Å². The summed E-state index contributed by atoms with van der Waals surface area (Å²) in [7, 11) is 0. The lowest BCUT2D eigenvalue weighted by Gasteiger charge is -2.24. The van der Waals surface area contributed by atoms with E-state index in [4.69, 9.17) is 0 Å². The Balaban J connectivity index is 1.64. The fourth-order valence-electron chi connectivity index (χ4n) is 3.19. The molecule has 0 radical (unpaired) electrons. The van der Waals surface area contributed by atoms with Gasteiger partial charge in [-0.3, -0.25) is 9.78 Å². The van der Waals surface area contributed by atoms with Crippen LogP contribution in [0.25, 0.3) is 0 Å². The number of carbonyl (C=O) groups is 1. The molecule has 0 unspecified atom stereocenters. The molecule has 2 aromatic rings. The van der Waals surface area contributed by atoms with Gasteiger partial charge in [-0.05, 0) is 69.4 Å². The summed E-state index contributed by atoms with van der Waals surface area (Å²) in [6, 6.07) is 8.59. The van der Waals surface area contributed by atoms with Gasteiger partial charge in [-0.2, -0.15) is 0 Å². The predicted octanol–water partition coefficient (Wildman–Crippen LogP) is 4.00. The molecule has 4 heteroatoms. The number of aryl methyl sites for hydroxylation is 3. The van der Waals surface area contributed by atoms with Crippen molar-refractivity contribution in [2.75, 3.05) is 6.54 Å². The first-order chi connectivity index (χ1) is 10.6. The zero-order valence-electron chi connectivity index (χ0n) is 13.2. The Bertz CT molecular complexity index is 665. The molecule has 0 N–H and O–H groups in total. The van der Waals surface area contributed by atoms with Crippen LogP contribution in [0.2, 0.25) is 0 Å². The van der Waals surface area contributed by atoms with Crippen molar-refractivity contribution in [1.29, 1.82) is 0 Å². The van der Waals surface area contributed by atoms with Crippen molar-refractivity contribution in [3.05, 3.63) is 51.5 Å². The Hall–Kier alpha value is -1.68. The highest BCUT2D eigenvalue weighted by Gasteiger charge is 2.29. The molecule has 0 aliphatic carbocycles. The molecule has 1 atom stereocenters. The largest absolute Gasteiger partial charge is 0.335 e. The summed E-state index contributed by atoms with van der Waals surface area (Å²) in [5, 5.41) is 0. The lowest BCUT2D eigenvalue weighted by Crippen LogP contribution is -2.35. The molecule has 1 aliphatic rings. The summed E-state index contributed by atoms with van der Waals surface area (Å²) >= 11 is 1.60. The molecule has 1 aliphatic heterocycles. The average molecular weight is 314 g/mol. The molecule has 2 aromatic heterocycles. The Labute approximate surface area is 136 Å². The fourth-order valence-corrected chi connectivity index (χ4v) is 4.01. The van der Waals surface area contributed by atoms with Crippen molar-refractivity contribution in [3.8, 4) is 0 Å². The lowest BCUT2D eigenvalue weighted by molar-refractivity contribution is 0.0735. The number of likely N-dealkylation sites (tertiary alicyclic amines) is 1. The molecular formula is C18H22N2OS. The van der Waals surface area contributed by atoms with Crippen LogP contribution in [0, 0.1) is 13.8 Å². The number of carbonyl (C=O) groups excluding carboxylic acids is 1. The van der Waals surface area contributed by atoms with E-state index in [1.54, 1.807) is 11.3 Å². The van der Waals surface area contributed by atoms with Crippen molar-refractivity contribution >= 4 is 17.2 Å². The monoisotopic (exact) mass is 314 g/mol. The van der Waals surface area contributed by atoms with Crippen molar-refractivity contribution in [2.45, 2.75) is 45.6 Å². The van der Waals surface area contributed by atoms with Gasteiger partial charge in [0.05, 0.1) is 4.88 Å². The van der Waals surface area contributed by atoms with E-state index in [1.807, 2.05) is 25.3 Å². The molecule has 1 fully saturated rings. The van der Waals surface area contributed by atoms with Gasteiger partial charge in [0.1, 0.15) is 0 Å². The van der Waals surface area contributed by atoms with Crippen LogP contribution in [-0.2, 0) is 6.42 Å². The number of amides is 1. The van der Waals surface area contributed by atoms with Crippen LogP contribution in [-0.4, -0.2) is 28.4 Å². The minimum Gasteiger partial charge on any atom is -0.335 e. The summed E-state index contributed by atoms with van der Waals surface area (Å²) in [5.41, 5.74) is 2.38. The van der Waals surface area contributed by atoms with Crippen LogP contribution in [0.4, 0.5) is 0 Å². The maximum Gasteiger partial charge on any atom is 0.264 e. The molecule has 0 bridgehead atoms. The predicted molar refractivity (Wildman–Crippen MR) is 90.4 cm³/mol. The number of pyridine rings is 1. The van der Waals surface area contributed by atoms with E-state index in [1.165, 1.54) is 10.4 Å². The van der Waals surface area contributed by atoms with Gasteiger partial charge >= 0.3 is 0 Å².